The third-order valence-corrected chi connectivity index (χ3v) is 5.14. The average molecular weight is 526 g/mol. The van der Waals surface area contributed by atoms with Crippen molar-refractivity contribution in [1.29, 1.82) is 0 Å². The summed E-state index contributed by atoms with van der Waals surface area (Å²) >= 11 is 3.32. The maximum atomic E-state index is 14.9. The van der Waals surface area contributed by atoms with Gasteiger partial charge < -0.3 is 14.8 Å². The van der Waals surface area contributed by atoms with Gasteiger partial charge in [0.25, 0.3) is 0 Å². The standard InChI is InChI=1S/C23H26BrF2N3O4/c1-23(2,3)33-22(31)29-19(20-21(24)28-13-12-27-20)15(8-5-6-11-17(30)32-4)14-9-7-10-16(25)18(14)26/h6-7,9-13,15,19H,5,8H2,1-4H3,(H,29,31). The summed E-state index contributed by atoms with van der Waals surface area (Å²) < 4.78 is 39.3. The number of carbonyl (C=O) groups excluding carboxylic acids is 2. The lowest BCUT2D eigenvalue weighted by molar-refractivity contribution is -0.134. The van der Waals surface area contributed by atoms with Gasteiger partial charge >= 0.3 is 12.1 Å². The maximum absolute atomic E-state index is 14.9. The maximum Gasteiger partial charge on any atom is 0.408 e. The van der Waals surface area contributed by atoms with Crippen LogP contribution in [-0.4, -0.2) is 34.7 Å². The van der Waals surface area contributed by atoms with E-state index in [0.717, 1.165) is 6.07 Å². The third kappa shape index (κ3) is 7.88. The van der Waals surface area contributed by atoms with E-state index < -0.39 is 41.3 Å². The minimum absolute atomic E-state index is 0.0417. The summed E-state index contributed by atoms with van der Waals surface area (Å²) in [6, 6.07) is 2.93. The number of methoxy groups -OCH3 is 1. The molecule has 0 saturated heterocycles. The lowest BCUT2D eigenvalue weighted by Crippen LogP contribution is -2.38. The quantitative estimate of drug-likeness (QED) is 0.367. The van der Waals surface area contributed by atoms with E-state index in [0.29, 0.717) is 16.7 Å². The van der Waals surface area contributed by atoms with Crippen LogP contribution in [0, 0.1) is 11.6 Å². The van der Waals surface area contributed by atoms with Crippen molar-refractivity contribution in [3.05, 3.63) is 70.2 Å². The summed E-state index contributed by atoms with van der Waals surface area (Å²) in [5.74, 6) is -3.36. The monoisotopic (exact) mass is 525 g/mol. The van der Waals surface area contributed by atoms with E-state index in [2.05, 4.69) is 36.0 Å². The number of ether oxygens (including phenoxy) is 2. The Hall–Kier alpha value is -2.88. The van der Waals surface area contributed by atoms with Gasteiger partial charge in [-0.1, -0.05) is 18.2 Å². The Balaban J connectivity index is 2.51. The molecule has 0 fully saturated rings. The van der Waals surface area contributed by atoms with E-state index in [9.17, 15) is 18.4 Å². The molecule has 0 bridgehead atoms. The number of allylic oxidation sites excluding steroid dienone is 1. The number of carbonyl (C=O) groups is 2. The number of hydrogen-bond acceptors (Lipinski definition) is 6. The van der Waals surface area contributed by atoms with E-state index in [1.54, 1.807) is 26.8 Å². The molecule has 1 aromatic carbocycles. The number of benzene rings is 1. The lowest BCUT2D eigenvalue weighted by atomic mass is 9.85. The minimum atomic E-state index is -1.03. The Bertz CT molecular complexity index is 1010. The van der Waals surface area contributed by atoms with Crippen LogP contribution in [0.1, 0.15) is 56.8 Å². The number of nitrogens with one attached hydrogen (secondary N) is 1. The molecule has 10 heteroatoms. The first-order chi connectivity index (χ1) is 15.5. The van der Waals surface area contributed by atoms with E-state index in [1.165, 1.54) is 37.7 Å². The molecule has 0 radical (unpaired) electrons. The van der Waals surface area contributed by atoms with Crippen LogP contribution in [0.15, 0.2) is 47.3 Å². The number of esters is 1. The SMILES string of the molecule is COC(=O)C=CCCC(c1cccc(F)c1F)C(NC(=O)OC(C)(C)C)c1nccnc1Br. The molecule has 178 valence electrons. The predicted molar refractivity (Wildman–Crippen MR) is 121 cm³/mol. The van der Waals surface area contributed by atoms with Crippen LogP contribution < -0.4 is 5.32 Å². The fraction of sp³-hybridized carbons (Fsp3) is 0.391. The molecule has 2 rings (SSSR count). The van der Waals surface area contributed by atoms with Gasteiger partial charge in [0.1, 0.15) is 10.2 Å². The van der Waals surface area contributed by atoms with E-state index >= 15 is 0 Å². The van der Waals surface area contributed by atoms with Crippen LogP contribution in [0.2, 0.25) is 0 Å². The van der Waals surface area contributed by atoms with Crippen LogP contribution in [0.5, 0.6) is 0 Å². The van der Waals surface area contributed by atoms with E-state index in [-0.39, 0.29) is 12.0 Å². The molecule has 1 heterocycles. The summed E-state index contributed by atoms with van der Waals surface area (Å²) in [6.07, 6.45) is 5.48. The first-order valence-corrected chi connectivity index (χ1v) is 11.0. The van der Waals surface area contributed by atoms with Gasteiger partial charge in [-0.05, 0) is 61.2 Å². The Morgan fingerprint density at radius 1 is 1.21 bits per heavy atom. The number of halogens is 3. The second-order valence-corrected chi connectivity index (χ2v) is 8.86. The molecule has 7 nitrogen and oxygen atoms in total. The number of rotatable bonds is 8. The van der Waals surface area contributed by atoms with Crippen molar-refractivity contribution < 1.29 is 27.8 Å². The summed E-state index contributed by atoms with van der Waals surface area (Å²) in [4.78, 5) is 32.5. The van der Waals surface area contributed by atoms with Crippen molar-refractivity contribution in [3.8, 4) is 0 Å². The number of aromatic nitrogens is 2. The number of hydrogen-bond donors (Lipinski definition) is 1. The zero-order chi connectivity index (χ0) is 24.6. The van der Waals surface area contributed by atoms with Crippen molar-refractivity contribution in [2.24, 2.45) is 0 Å². The fourth-order valence-electron chi connectivity index (χ4n) is 3.17. The fourth-order valence-corrected chi connectivity index (χ4v) is 3.63. The largest absolute Gasteiger partial charge is 0.466 e. The second-order valence-electron chi connectivity index (χ2n) is 8.11. The average Bonchev–Trinajstić information content (AvgIpc) is 2.74. The molecule has 2 atom stereocenters. The molecular weight excluding hydrogens is 500 g/mol. The molecule has 1 aromatic heterocycles. The van der Waals surface area contributed by atoms with Gasteiger partial charge in [-0.3, -0.25) is 4.98 Å². The van der Waals surface area contributed by atoms with Crippen LogP contribution >= 0.6 is 15.9 Å². The van der Waals surface area contributed by atoms with Crippen LogP contribution in [-0.2, 0) is 14.3 Å². The van der Waals surface area contributed by atoms with Crippen molar-refractivity contribution in [2.45, 2.75) is 51.2 Å². The second kappa shape index (κ2) is 11.8. The van der Waals surface area contributed by atoms with Crippen molar-refractivity contribution in [1.82, 2.24) is 15.3 Å². The lowest BCUT2D eigenvalue weighted by Gasteiger charge is -2.30. The Morgan fingerprint density at radius 3 is 2.55 bits per heavy atom. The van der Waals surface area contributed by atoms with Crippen molar-refractivity contribution in [2.75, 3.05) is 7.11 Å². The number of nitrogens with zero attached hydrogens (tertiary/aromatic N) is 2. The highest BCUT2D eigenvalue weighted by molar-refractivity contribution is 9.10. The van der Waals surface area contributed by atoms with Crippen LogP contribution in [0.25, 0.3) is 0 Å². The van der Waals surface area contributed by atoms with E-state index in [1.807, 2.05) is 0 Å². The molecule has 0 aliphatic carbocycles. The van der Waals surface area contributed by atoms with Gasteiger partial charge in [0.15, 0.2) is 11.6 Å². The molecule has 0 aliphatic rings. The summed E-state index contributed by atoms with van der Waals surface area (Å²) in [6.45, 7) is 5.13. The highest BCUT2D eigenvalue weighted by Crippen LogP contribution is 2.38. The van der Waals surface area contributed by atoms with Gasteiger partial charge in [0, 0.05) is 24.4 Å². The molecule has 2 aromatic rings. The summed E-state index contributed by atoms with van der Waals surface area (Å²) in [5.41, 5.74) is -0.425. The van der Waals surface area contributed by atoms with Crippen molar-refractivity contribution in [3.63, 3.8) is 0 Å². The first kappa shape index (κ1) is 26.4. The van der Waals surface area contributed by atoms with Gasteiger partial charge in [-0.15, -0.1) is 0 Å². The minimum Gasteiger partial charge on any atom is -0.466 e. The van der Waals surface area contributed by atoms with Gasteiger partial charge in [-0.25, -0.2) is 23.4 Å². The smallest absolute Gasteiger partial charge is 0.408 e. The molecule has 0 saturated carbocycles. The third-order valence-electron chi connectivity index (χ3n) is 4.53. The molecule has 1 amide bonds. The van der Waals surface area contributed by atoms with E-state index in [4.69, 9.17) is 4.74 Å². The van der Waals surface area contributed by atoms with Crippen molar-refractivity contribution >= 4 is 28.0 Å². The van der Waals surface area contributed by atoms with Gasteiger partial charge in [0.05, 0.1) is 18.8 Å². The number of amides is 1. The molecule has 2 unspecified atom stereocenters. The Morgan fingerprint density at radius 2 is 1.91 bits per heavy atom. The molecule has 0 aliphatic heterocycles. The molecule has 1 N–H and O–H groups in total. The van der Waals surface area contributed by atoms with Gasteiger partial charge in [0.2, 0.25) is 0 Å². The summed E-state index contributed by atoms with van der Waals surface area (Å²) in [5, 5.41) is 2.74. The normalized spacial score (nSPS) is 13.4. The first-order valence-electron chi connectivity index (χ1n) is 10.2. The highest BCUT2D eigenvalue weighted by Gasteiger charge is 2.33. The molecule has 33 heavy (non-hydrogen) atoms. The molecular formula is C23H26BrF2N3O4. The predicted octanol–water partition coefficient (Wildman–Crippen LogP) is 5.38. The Kier molecular flexibility index (Phi) is 9.45. The van der Waals surface area contributed by atoms with Gasteiger partial charge in [-0.2, -0.15) is 0 Å². The highest BCUT2D eigenvalue weighted by atomic mass is 79.9. The molecule has 0 spiro atoms. The van der Waals surface area contributed by atoms with Crippen LogP contribution in [0.4, 0.5) is 13.6 Å². The Labute approximate surface area is 199 Å². The van der Waals surface area contributed by atoms with Crippen LogP contribution in [0.3, 0.4) is 0 Å². The topological polar surface area (TPSA) is 90.4 Å². The summed E-state index contributed by atoms with van der Waals surface area (Å²) in [7, 11) is 1.25. The zero-order valence-electron chi connectivity index (χ0n) is 18.8. The number of alkyl carbamates (subject to hydrolysis) is 1. The zero-order valence-corrected chi connectivity index (χ0v) is 20.4.